The van der Waals surface area contributed by atoms with Crippen molar-refractivity contribution in [2.45, 2.75) is 52.1 Å². The second kappa shape index (κ2) is 5.85. The first kappa shape index (κ1) is 13.6. The first-order valence-electron chi connectivity index (χ1n) is 6.96. The number of rotatable bonds is 6. The third-order valence-corrected chi connectivity index (χ3v) is 3.70. The molecule has 1 saturated carbocycles. The van der Waals surface area contributed by atoms with Crippen molar-refractivity contribution in [1.82, 2.24) is 15.1 Å². The maximum absolute atomic E-state index is 9.18. The average molecular weight is 251 g/mol. The van der Waals surface area contributed by atoms with Gasteiger partial charge in [0.25, 0.3) is 0 Å². The Morgan fingerprint density at radius 1 is 1.44 bits per heavy atom. The Labute approximate surface area is 109 Å². The molecule has 1 fully saturated rings. The van der Waals surface area contributed by atoms with Crippen LogP contribution < -0.4 is 5.32 Å². The Bertz CT molecular complexity index is 367. The molecule has 0 bridgehead atoms. The molecule has 1 aliphatic carbocycles. The first-order valence-corrected chi connectivity index (χ1v) is 6.96. The summed E-state index contributed by atoms with van der Waals surface area (Å²) in [5.74, 6) is 0. The van der Waals surface area contributed by atoms with E-state index >= 15 is 0 Å². The summed E-state index contributed by atoms with van der Waals surface area (Å²) >= 11 is 0. The van der Waals surface area contributed by atoms with Crippen molar-refractivity contribution < 1.29 is 5.11 Å². The minimum absolute atomic E-state index is 0.0615. The van der Waals surface area contributed by atoms with Crippen LogP contribution in [0.2, 0.25) is 0 Å². The summed E-state index contributed by atoms with van der Waals surface area (Å²) in [5, 5.41) is 17.2. The lowest BCUT2D eigenvalue weighted by Crippen LogP contribution is -2.32. The van der Waals surface area contributed by atoms with Crippen molar-refractivity contribution >= 4 is 0 Å². The zero-order chi connectivity index (χ0) is 13.0. The highest BCUT2D eigenvalue weighted by Gasteiger charge is 2.18. The molecule has 0 aromatic carbocycles. The quantitative estimate of drug-likeness (QED) is 0.814. The summed E-state index contributed by atoms with van der Waals surface area (Å²) in [5.41, 5.74) is 1.03. The molecule has 0 aliphatic heterocycles. The lowest BCUT2D eigenvalue weighted by Gasteiger charge is -2.21. The molecule has 102 valence electrons. The minimum Gasteiger partial charge on any atom is -0.396 e. The molecular weight excluding hydrogens is 226 g/mol. The van der Waals surface area contributed by atoms with Gasteiger partial charge < -0.3 is 10.4 Å². The number of hydrogen-bond donors (Lipinski definition) is 2. The van der Waals surface area contributed by atoms with Gasteiger partial charge in [0.05, 0.1) is 11.7 Å². The van der Waals surface area contributed by atoms with E-state index in [4.69, 9.17) is 0 Å². The van der Waals surface area contributed by atoms with Crippen molar-refractivity contribution in [2.24, 2.45) is 5.41 Å². The predicted octanol–water partition coefficient (Wildman–Crippen LogP) is 2.11. The van der Waals surface area contributed by atoms with E-state index in [9.17, 15) is 5.11 Å². The fourth-order valence-electron chi connectivity index (χ4n) is 2.43. The number of aliphatic hydroxyl groups is 1. The molecule has 2 N–H and O–H groups in total. The SMILES string of the molecule is CC(C)(CO)CNCc1ccn(C2CCCC2)n1. The maximum Gasteiger partial charge on any atom is 0.0762 e. The van der Waals surface area contributed by atoms with E-state index in [2.05, 4.69) is 41.2 Å². The number of nitrogens with zero attached hydrogens (tertiary/aromatic N) is 2. The second-order valence-electron chi connectivity index (χ2n) is 6.15. The van der Waals surface area contributed by atoms with Crippen LogP contribution >= 0.6 is 0 Å². The van der Waals surface area contributed by atoms with E-state index < -0.39 is 0 Å². The number of aromatic nitrogens is 2. The van der Waals surface area contributed by atoms with Crippen LogP contribution in [0.15, 0.2) is 12.3 Å². The molecule has 1 aromatic heterocycles. The Hall–Kier alpha value is -0.870. The zero-order valence-corrected chi connectivity index (χ0v) is 11.5. The van der Waals surface area contributed by atoms with E-state index in [0.717, 1.165) is 18.8 Å². The van der Waals surface area contributed by atoms with Gasteiger partial charge >= 0.3 is 0 Å². The van der Waals surface area contributed by atoms with E-state index in [-0.39, 0.29) is 12.0 Å². The molecule has 18 heavy (non-hydrogen) atoms. The molecule has 0 amide bonds. The highest BCUT2D eigenvalue weighted by atomic mass is 16.3. The van der Waals surface area contributed by atoms with Crippen LogP contribution in [-0.2, 0) is 6.54 Å². The summed E-state index contributed by atoms with van der Waals surface area (Å²) in [4.78, 5) is 0. The van der Waals surface area contributed by atoms with Crippen LogP contribution in [0.25, 0.3) is 0 Å². The number of aliphatic hydroxyl groups excluding tert-OH is 1. The van der Waals surface area contributed by atoms with Crippen LogP contribution in [0.3, 0.4) is 0 Å². The van der Waals surface area contributed by atoms with Crippen LogP contribution in [0, 0.1) is 5.41 Å². The molecule has 0 saturated heterocycles. The molecule has 0 unspecified atom stereocenters. The highest BCUT2D eigenvalue weighted by molar-refractivity contribution is 5.00. The van der Waals surface area contributed by atoms with Gasteiger partial charge in [0.1, 0.15) is 0 Å². The van der Waals surface area contributed by atoms with Gasteiger partial charge in [0.15, 0.2) is 0 Å². The minimum atomic E-state index is -0.0615. The normalized spacial score (nSPS) is 17.5. The fourth-order valence-corrected chi connectivity index (χ4v) is 2.43. The van der Waals surface area contributed by atoms with Crippen molar-refractivity contribution in [2.75, 3.05) is 13.2 Å². The molecule has 1 aliphatic rings. The summed E-state index contributed by atoms with van der Waals surface area (Å²) in [7, 11) is 0. The monoisotopic (exact) mass is 251 g/mol. The summed E-state index contributed by atoms with van der Waals surface area (Å²) in [6.45, 7) is 5.90. The molecule has 2 rings (SSSR count). The van der Waals surface area contributed by atoms with E-state index in [1.807, 2.05) is 0 Å². The summed E-state index contributed by atoms with van der Waals surface area (Å²) < 4.78 is 2.13. The standard InChI is InChI=1S/C14H25N3O/c1-14(2,11-18)10-15-9-12-7-8-17(16-12)13-5-3-4-6-13/h7-8,13,15,18H,3-6,9-11H2,1-2H3. The van der Waals surface area contributed by atoms with E-state index in [1.165, 1.54) is 25.7 Å². The molecule has 1 heterocycles. The van der Waals surface area contributed by atoms with Crippen LogP contribution in [0.4, 0.5) is 0 Å². The largest absolute Gasteiger partial charge is 0.396 e. The number of hydrogen-bond acceptors (Lipinski definition) is 3. The van der Waals surface area contributed by atoms with Gasteiger partial charge in [-0.05, 0) is 18.9 Å². The van der Waals surface area contributed by atoms with Gasteiger partial charge in [-0.3, -0.25) is 4.68 Å². The van der Waals surface area contributed by atoms with E-state index in [1.54, 1.807) is 0 Å². The van der Waals surface area contributed by atoms with Crippen molar-refractivity contribution in [3.05, 3.63) is 18.0 Å². The van der Waals surface area contributed by atoms with Crippen molar-refractivity contribution in [3.8, 4) is 0 Å². The summed E-state index contributed by atoms with van der Waals surface area (Å²) in [6.07, 6.45) is 7.31. The fraction of sp³-hybridized carbons (Fsp3) is 0.786. The van der Waals surface area contributed by atoms with Gasteiger partial charge in [-0.15, -0.1) is 0 Å². The van der Waals surface area contributed by atoms with E-state index in [0.29, 0.717) is 6.04 Å². The van der Waals surface area contributed by atoms with Gasteiger partial charge in [-0.25, -0.2) is 0 Å². The average Bonchev–Trinajstić information content (AvgIpc) is 2.98. The van der Waals surface area contributed by atoms with Crippen LogP contribution in [0.1, 0.15) is 51.3 Å². The van der Waals surface area contributed by atoms with Crippen molar-refractivity contribution in [3.63, 3.8) is 0 Å². The Morgan fingerprint density at radius 2 is 2.17 bits per heavy atom. The van der Waals surface area contributed by atoms with Gasteiger partial charge in [-0.1, -0.05) is 26.7 Å². The molecule has 0 spiro atoms. The first-order chi connectivity index (χ1) is 8.61. The molecule has 0 radical (unpaired) electrons. The Kier molecular flexibility index (Phi) is 4.40. The lowest BCUT2D eigenvalue weighted by atomic mass is 9.95. The van der Waals surface area contributed by atoms with Crippen LogP contribution in [-0.4, -0.2) is 28.0 Å². The predicted molar refractivity (Wildman–Crippen MR) is 72.3 cm³/mol. The maximum atomic E-state index is 9.18. The van der Waals surface area contributed by atoms with Crippen LogP contribution in [0.5, 0.6) is 0 Å². The highest BCUT2D eigenvalue weighted by Crippen LogP contribution is 2.28. The van der Waals surface area contributed by atoms with Gasteiger partial charge in [-0.2, -0.15) is 5.10 Å². The zero-order valence-electron chi connectivity index (χ0n) is 11.5. The summed E-state index contributed by atoms with van der Waals surface area (Å²) in [6, 6.07) is 2.71. The van der Waals surface area contributed by atoms with Gasteiger partial charge in [0.2, 0.25) is 0 Å². The molecular formula is C14H25N3O. The molecule has 4 nitrogen and oxygen atoms in total. The molecule has 0 atom stereocenters. The number of nitrogens with one attached hydrogen (secondary N) is 1. The molecule has 1 aromatic rings. The third kappa shape index (κ3) is 3.56. The van der Waals surface area contributed by atoms with Gasteiger partial charge in [0, 0.05) is 31.3 Å². The van der Waals surface area contributed by atoms with Crippen molar-refractivity contribution in [1.29, 1.82) is 0 Å². The smallest absolute Gasteiger partial charge is 0.0762 e. The molecule has 4 heteroatoms. The third-order valence-electron chi connectivity index (χ3n) is 3.70. The Morgan fingerprint density at radius 3 is 2.83 bits per heavy atom. The topological polar surface area (TPSA) is 50.1 Å². The lowest BCUT2D eigenvalue weighted by molar-refractivity contribution is 0.156. The second-order valence-corrected chi connectivity index (χ2v) is 6.15. The Balaban J connectivity index is 1.80.